The van der Waals surface area contributed by atoms with E-state index < -0.39 is 0 Å². The van der Waals surface area contributed by atoms with E-state index in [1.54, 1.807) is 0 Å². The van der Waals surface area contributed by atoms with E-state index in [0.717, 1.165) is 51.6 Å². The summed E-state index contributed by atoms with van der Waals surface area (Å²) >= 11 is 0. The molecule has 1 aliphatic heterocycles. The van der Waals surface area contributed by atoms with Gasteiger partial charge in [-0.3, -0.25) is 9.59 Å². The maximum absolute atomic E-state index is 12.6. The Morgan fingerprint density at radius 3 is 2.71 bits per heavy atom. The predicted molar refractivity (Wildman–Crippen MR) is 97.4 cm³/mol. The van der Waals surface area contributed by atoms with Crippen LogP contribution in [0, 0.1) is 5.92 Å². The van der Waals surface area contributed by atoms with Crippen molar-refractivity contribution in [3.05, 3.63) is 11.8 Å². The van der Waals surface area contributed by atoms with E-state index in [0.29, 0.717) is 18.8 Å². The molecule has 136 valence electrons. The molecule has 2 amide bonds. The highest BCUT2D eigenvalue weighted by Gasteiger charge is 2.29. The van der Waals surface area contributed by atoms with Gasteiger partial charge < -0.3 is 9.80 Å². The summed E-state index contributed by atoms with van der Waals surface area (Å²) in [6.07, 6.45) is 13.3. The van der Waals surface area contributed by atoms with Crippen LogP contribution in [0.2, 0.25) is 0 Å². The zero-order chi connectivity index (χ0) is 17.4. The molecule has 0 saturated carbocycles. The van der Waals surface area contributed by atoms with Crippen molar-refractivity contribution in [2.45, 2.75) is 77.6 Å². The lowest BCUT2D eigenvalue weighted by molar-refractivity contribution is -0.132. The summed E-state index contributed by atoms with van der Waals surface area (Å²) < 4.78 is 0. The molecular formula is C20H34N2O2. The van der Waals surface area contributed by atoms with Crippen LogP contribution in [0.3, 0.4) is 0 Å². The minimum absolute atomic E-state index is 0.212. The van der Waals surface area contributed by atoms with Crippen molar-refractivity contribution >= 4 is 11.8 Å². The standard InChI is InChI=1S/C20H34N2O2/c1-3-4-15-21(2)19(23)13-7-8-14-20(24)22-16-9-11-17-10-5-6-12-18(17)22/h12,17H,3-11,13-16H2,1-2H3. The third-order valence-corrected chi connectivity index (χ3v) is 5.38. The molecule has 1 unspecified atom stereocenters. The molecule has 2 rings (SSSR count). The van der Waals surface area contributed by atoms with Gasteiger partial charge in [-0.1, -0.05) is 19.4 Å². The van der Waals surface area contributed by atoms with E-state index in [9.17, 15) is 9.59 Å². The number of hydrogen-bond acceptors (Lipinski definition) is 2. The highest BCUT2D eigenvalue weighted by atomic mass is 16.2. The number of likely N-dealkylation sites (tertiary alicyclic amines) is 1. The second kappa shape index (κ2) is 9.85. The van der Waals surface area contributed by atoms with Crippen LogP contribution in [-0.2, 0) is 9.59 Å². The number of allylic oxidation sites excluding steroid dienone is 2. The first-order valence-electron chi connectivity index (χ1n) is 9.88. The number of unbranched alkanes of at least 4 members (excludes halogenated alkanes) is 2. The van der Waals surface area contributed by atoms with Crippen LogP contribution < -0.4 is 0 Å². The first-order chi connectivity index (χ1) is 11.6. The van der Waals surface area contributed by atoms with Crippen LogP contribution in [0.25, 0.3) is 0 Å². The average Bonchev–Trinajstić information content (AvgIpc) is 2.62. The second-order valence-electron chi connectivity index (χ2n) is 7.32. The van der Waals surface area contributed by atoms with Crippen LogP contribution in [0.5, 0.6) is 0 Å². The largest absolute Gasteiger partial charge is 0.346 e. The van der Waals surface area contributed by atoms with E-state index in [1.165, 1.54) is 25.0 Å². The Morgan fingerprint density at radius 1 is 1.17 bits per heavy atom. The van der Waals surface area contributed by atoms with Crippen molar-refractivity contribution < 1.29 is 9.59 Å². The molecule has 0 aromatic carbocycles. The Balaban J connectivity index is 1.69. The molecule has 1 saturated heterocycles. The Hall–Kier alpha value is -1.32. The monoisotopic (exact) mass is 334 g/mol. The predicted octanol–water partition coefficient (Wildman–Crippen LogP) is 4.11. The summed E-state index contributed by atoms with van der Waals surface area (Å²) in [5.74, 6) is 1.09. The fourth-order valence-corrected chi connectivity index (χ4v) is 3.84. The Morgan fingerprint density at radius 2 is 1.92 bits per heavy atom. The maximum atomic E-state index is 12.6. The van der Waals surface area contributed by atoms with E-state index in [4.69, 9.17) is 0 Å². The molecule has 1 fully saturated rings. The van der Waals surface area contributed by atoms with E-state index in [1.807, 2.05) is 16.8 Å². The molecule has 0 spiro atoms. The van der Waals surface area contributed by atoms with Gasteiger partial charge in [0, 0.05) is 38.7 Å². The van der Waals surface area contributed by atoms with Crippen LogP contribution in [0.4, 0.5) is 0 Å². The molecule has 1 aliphatic carbocycles. The first-order valence-corrected chi connectivity index (χ1v) is 9.88. The number of amides is 2. The molecular weight excluding hydrogens is 300 g/mol. The SMILES string of the molecule is CCCCN(C)C(=O)CCCCC(=O)N1CCCC2CCCC=C21. The molecule has 0 N–H and O–H groups in total. The van der Waals surface area contributed by atoms with Crippen molar-refractivity contribution in [3.63, 3.8) is 0 Å². The van der Waals surface area contributed by atoms with Crippen LogP contribution in [0.15, 0.2) is 11.8 Å². The third kappa shape index (κ3) is 5.35. The quantitative estimate of drug-likeness (QED) is 0.627. The number of carbonyl (C=O) groups is 2. The highest BCUT2D eigenvalue weighted by molar-refractivity contribution is 5.78. The summed E-state index contributed by atoms with van der Waals surface area (Å²) in [7, 11) is 1.88. The molecule has 0 aromatic heterocycles. The third-order valence-electron chi connectivity index (χ3n) is 5.38. The Labute approximate surface area is 147 Å². The zero-order valence-corrected chi connectivity index (χ0v) is 15.6. The minimum Gasteiger partial charge on any atom is -0.346 e. The summed E-state index contributed by atoms with van der Waals surface area (Å²) in [6, 6.07) is 0. The van der Waals surface area contributed by atoms with Gasteiger partial charge in [-0.2, -0.15) is 0 Å². The van der Waals surface area contributed by atoms with Gasteiger partial charge in [0.05, 0.1) is 0 Å². The van der Waals surface area contributed by atoms with E-state index in [2.05, 4.69) is 13.0 Å². The lowest BCUT2D eigenvalue weighted by Gasteiger charge is -2.38. The molecule has 0 radical (unpaired) electrons. The van der Waals surface area contributed by atoms with Crippen LogP contribution in [-0.4, -0.2) is 41.8 Å². The number of nitrogens with zero attached hydrogens (tertiary/aromatic N) is 2. The molecule has 24 heavy (non-hydrogen) atoms. The fourth-order valence-electron chi connectivity index (χ4n) is 3.84. The summed E-state index contributed by atoms with van der Waals surface area (Å²) in [5, 5.41) is 0. The lowest BCUT2D eigenvalue weighted by Crippen LogP contribution is -2.38. The van der Waals surface area contributed by atoms with Gasteiger partial charge in [0.2, 0.25) is 11.8 Å². The van der Waals surface area contributed by atoms with Crippen molar-refractivity contribution in [1.82, 2.24) is 9.80 Å². The van der Waals surface area contributed by atoms with Crippen molar-refractivity contribution in [2.75, 3.05) is 20.1 Å². The van der Waals surface area contributed by atoms with Crippen LogP contribution >= 0.6 is 0 Å². The zero-order valence-electron chi connectivity index (χ0n) is 15.6. The molecule has 1 atom stereocenters. The maximum Gasteiger partial charge on any atom is 0.226 e. The van der Waals surface area contributed by atoms with Gasteiger partial charge >= 0.3 is 0 Å². The van der Waals surface area contributed by atoms with Gasteiger partial charge in [-0.05, 0) is 57.3 Å². The smallest absolute Gasteiger partial charge is 0.226 e. The van der Waals surface area contributed by atoms with Gasteiger partial charge in [0.1, 0.15) is 0 Å². The van der Waals surface area contributed by atoms with Crippen molar-refractivity contribution in [2.24, 2.45) is 5.92 Å². The molecule has 4 nitrogen and oxygen atoms in total. The minimum atomic E-state index is 0.212. The van der Waals surface area contributed by atoms with Gasteiger partial charge in [0.25, 0.3) is 0 Å². The number of fused-ring (bicyclic) bond motifs is 1. The summed E-state index contributed by atoms with van der Waals surface area (Å²) in [6.45, 7) is 3.87. The summed E-state index contributed by atoms with van der Waals surface area (Å²) in [5.41, 5.74) is 1.30. The highest BCUT2D eigenvalue weighted by Crippen LogP contribution is 2.35. The molecule has 1 heterocycles. The van der Waals surface area contributed by atoms with Crippen molar-refractivity contribution in [3.8, 4) is 0 Å². The topological polar surface area (TPSA) is 40.6 Å². The number of carbonyl (C=O) groups excluding carboxylic acids is 2. The van der Waals surface area contributed by atoms with Crippen molar-refractivity contribution in [1.29, 1.82) is 0 Å². The first kappa shape index (κ1) is 19.0. The average molecular weight is 335 g/mol. The molecule has 2 aliphatic rings. The summed E-state index contributed by atoms with van der Waals surface area (Å²) in [4.78, 5) is 28.4. The van der Waals surface area contributed by atoms with E-state index >= 15 is 0 Å². The number of hydrogen-bond donors (Lipinski definition) is 0. The molecule has 4 heteroatoms. The van der Waals surface area contributed by atoms with Gasteiger partial charge in [-0.25, -0.2) is 0 Å². The number of piperidine rings is 1. The van der Waals surface area contributed by atoms with Crippen LogP contribution in [0.1, 0.15) is 77.6 Å². The molecule has 0 bridgehead atoms. The normalized spacial score (nSPS) is 20.3. The van der Waals surface area contributed by atoms with Gasteiger partial charge in [-0.15, -0.1) is 0 Å². The van der Waals surface area contributed by atoms with Gasteiger partial charge in [0.15, 0.2) is 0 Å². The lowest BCUT2D eigenvalue weighted by atomic mass is 9.85. The Bertz CT molecular complexity index is 459. The number of rotatable bonds is 8. The fraction of sp³-hybridized carbons (Fsp3) is 0.800. The second-order valence-corrected chi connectivity index (χ2v) is 7.32. The molecule has 0 aromatic rings. The van der Waals surface area contributed by atoms with E-state index in [-0.39, 0.29) is 11.8 Å². The Kier molecular flexibility index (Phi) is 7.80.